The van der Waals surface area contributed by atoms with E-state index in [1.54, 1.807) is 0 Å². The molecule has 0 fully saturated rings. The fourth-order valence-electron chi connectivity index (χ4n) is 8.04. The zero-order chi connectivity index (χ0) is 47.2. The van der Waals surface area contributed by atoms with Crippen LogP contribution in [0.4, 0.5) is 0 Å². The van der Waals surface area contributed by atoms with E-state index in [1.165, 1.54) is 173 Å². The normalized spacial score (nSPS) is 12.4. The molecule has 1 unspecified atom stereocenters. The molecule has 0 aromatic rings. The highest BCUT2D eigenvalue weighted by atomic mass is 16.6. The van der Waals surface area contributed by atoms with E-state index >= 15 is 0 Å². The van der Waals surface area contributed by atoms with Gasteiger partial charge in [0, 0.05) is 19.3 Å². The molecule has 0 aliphatic heterocycles. The maximum atomic E-state index is 12.8. The van der Waals surface area contributed by atoms with E-state index in [0.717, 1.165) is 70.6 Å². The summed E-state index contributed by atoms with van der Waals surface area (Å²) in [5.41, 5.74) is 0. The minimum absolute atomic E-state index is 0.0940. The molecule has 0 heterocycles. The van der Waals surface area contributed by atoms with E-state index in [0.29, 0.717) is 19.3 Å². The Morgan fingerprint density at radius 1 is 0.308 bits per heavy atom. The quantitative estimate of drug-likeness (QED) is 0.0262. The van der Waals surface area contributed by atoms with Crippen molar-refractivity contribution >= 4 is 17.9 Å². The summed E-state index contributed by atoms with van der Waals surface area (Å²) in [6.45, 7) is 6.60. The van der Waals surface area contributed by atoms with Crippen molar-refractivity contribution in [3.63, 3.8) is 0 Å². The average Bonchev–Trinajstić information content (AvgIpc) is 3.30. The van der Waals surface area contributed by atoms with Gasteiger partial charge in [0.1, 0.15) is 13.2 Å². The molecule has 0 rings (SSSR count). The van der Waals surface area contributed by atoms with Crippen molar-refractivity contribution in [1.29, 1.82) is 0 Å². The second kappa shape index (κ2) is 54.0. The van der Waals surface area contributed by atoms with Gasteiger partial charge >= 0.3 is 17.9 Å². The first kappa shape index (κ1) is 62.4. The topological polar surface area (TPSA) is 78.9 Å². The highest BCUT2D eigenvalue weighted by Crippen LogP contribution is 2.16. The molecule has 0 aliphatic carbocycles. The van der Waals surface area contributed by atoms with Gasteiger partial charge in [-0.2, -0.15) is 0 Å². The van der Waals surface area contributed by atoms with Crippen molar-refractivity contribution in [3.05, 3.63) is 48.6 Å². The summed E-state index contributed by atoms with van der Waals surface area (Å²) >= 11 is 0. The van der Waals surface area contributed by atoms with Gasteiger partial charge in [-0.3, -0.25) is 14.4 Å². The molecular weight excluding hydrogens is 805 g/mol. The van der Waals surface area contributed by atoms with Crippen LogP contribution in [0.15, 0.2) is 48.6 Å². The van der Waals surface area contributed by atoms with Crippen LogP contribution in [0.5, 0.6) is 0 Å². The van der Waals surface area contributed by atoms with Crippen molar-refractivity contribution in [3.8, 4) is 0 Å². The van der Waals surface area contributed by atoms with Crippen LogP contribution in [-0.2, 0) is 28.6 Å². The minimum atomic E-state index is -0.796. The number of carbonyl (C=O) groups excluding carboxylic acids is 3. The van der Waals surface area contributed by atoms with E-state index < -0.39 is 6.10 Å². The second-order valence-electron chi connectivity index (χ2n) is 18.8. The molecule has 6 heteroatoms. The maximum absolute atomic E-state index is 12.8. The molecule has 0 saturated carbocycles. The summed E-state index contributed by atoms with van der Waals surface area (Å²) in [5, 5.41) is 0. The smallest absolute Gasteiger partial charge is 0.306 e. The third-order valence-electron chi connectivity index (χ3n) is 12.3. The van der Waals surface area contributed by atoms with E-state index in [1.807, 2.05) is 0 Å². The van der Waals surface area contributed by atoms with Crippen LogP contribution >= 0.6 is 0 Å². The zero-order valence-electron chi connectivity index (χ0n) is 43.3. The van der Waals surface area contributed by atoms with E-state index in [-0.39, 0.29) is 37.5 Å². The van der Waals surface area contributed by atoms with Crippen LogP contribution < -0.4 is 0 Å². The Hall–Kier alpha value is -2.63. The van der Waals surface area contributed by atoms with Gasteiger partial charge in [-0.05, 0) is 77.0 Å². The molecule has 0 amide bonds. The Bertz CT molecular complexity index is 1140. The van der Waals surface area contributed by atoms with Crippen LogP contribution in [0.25, 0.3) is 0 Å². The molecule has 0 aromatic heterocycles. The number of unbranched alkanes of at least 4 members (excludes halogenated alkanes) is 32. The SMILES string of the molecule is CCCCCCCC/C=C\C/C=C\C/C=C\CCCC(=O)OCC(COC(=O)CCCCC/C=C\CCCCCCCC)OC(=O)CCCCCCCCCCCCCCCCCCC. The molecule has 378 valence electrons. The van der Waals surface area contributed by atoms with Gasteiger partial charge < -0.3 is 14.2 Å². The number of ether oxygens (including phenoxy) is 3. The molecule has 0 saturated heterocycles. The molecule has 0 bridgehead atoms. The molecule has 0 spiro atoms. The van der Waals surface area contributed by atoms with Crippen molar-refractivity contribution in [2.24, 2.45) is 0 Å². The highest BCUT2D eigenvalue weighted by molar-refractivity contribution is 5.71. The largest absolute Gasteiger partial charge is 0.462 e. The fourth-order valence-corrected chi connectivity index (χ4v) is 8.04. The molecule has 0 aliphatic rings. The first-order chi connectivity index (χ1) is 32.0. The van der Waals surface area contributed by atoms with Crippen molar-refractivity contribution < 1.29 is 28.6 Å². The van der Waals surface area contributed by atoms with Crippen LogP contribution in [-0.4, -0.2) is 37.2 Å². The minimum Gasteiger partial charge on any atom is -0.462 e. The molecule has 1 atom stereocenters. The van der Waals surface area contributed by atoms with Crippen LogP contribution in [0.3, 0.4) is 0 Å². The van der Waals surface area contributed by atoms with E-state index in [2.05, 4.69) is 69.4 Å². The summed E-state index contributed by atoms with van der Waals surface area (Å²) < 4.78 is 16.8. The summed E-state index contributed by atoms with van der Waals surface area (Å²) in [6, 6.07) is 0. The molecular formula is C59H106O6. The van der Waals surface area contributed by atoms with E-state index in [9.17, 15) is 14.4 Å². The number of hydrogen-bond donors (Lipinski definition) is 0. The van der Waals surface area contributed by atoms with Gasteiger partial charge in [-0.25, -0.2) is 0 Å². The lowest BCUT2D eigenvalue weighted by molar-refractivity contribution is -0.167. The van der Waals surface area contributed by atoms with Gasteiger partial charge in [0.25, 0.3) is 0 Å². The Kier molecular flexibility index (Phi) is 51.8. The highest BCUT2D eigenvalue weighted by Gasteiger charge is 2.19. The maximum Gasteiger partial charge on any atom is 0.306 e. The standard InChI is InChI=1S/C59H106O6/c1-4-7-10-13-16-19-22-25-27-29-31-34-37-40-43-46-49-52-58(61)64-55-56(54-63-57(60)51-48-45-42-39-36-33-24-21-18-15-12-9-6-3)65-59(62)53-50-47-44-41-38-35-32-30-28-26-23-20-17-14-11-8-5-2/h25,27,31,33-34,36,40,43,56H,4-24,26,28-30,32,35,37-39,41-42,44-55H2,1-3H3/b27-25-,34-31-,36-33-,43-40-. The average molecular weight is 911 g/mol. The summed E-state index contributed by atoms with van der Waals surface area (Å²) in [7, 11) is 0. The predicted molar refractivity (Wildman–Crippen MR) is 279 cm³/mol. The lowest BCUT2D eigenvalue weighted by atomic mass is 10.0. The third-order valence-corrected chi connectivity index (χ3v) is 12.3. The third kappa shape index (κ3) is 52.2. The summed E-state index contributed by atoms with van der Waals surface area (Å²) in [5.74, 6) is -0.950. The summed E-state index contributed by atoms with van der Waals surface area (Å²) in [6.07, 6.45) is 65.3. The Balaban J connectivity index is 4.43. The number of carbonyl (C=O) groups is 3. The number of rotatable bonds is 51. The molecule has 6 nitrogen and oxygen atoms in total. The first-order valence-corrected chi connectivity index (χ1v) is 28.1. The first-order valence-electron chi connectivity index (χ1n) is 28.1. The Morgan fingerprint density at radius 3 is 0.954 bits per heavy atom. The molecule has 0 N–H and O–H groups in total. The van der Waals surface area contributed by atoms with Crippen LogP contribution in [0.1, 0.15) is 290 Å². The van der Waals surface area contributed by atoms with Gasteiger partial charge in [0.2, 0.25) is 0 Å². The van der Waals surface area contributed by atoms with Gasteiger partial charge in [-0.15, -0.1) is 0 Å². The Morgan fingerprint density at radius 2 is 0.569 bits per heavy atom. The van der Waals surface area contributed by atoms with Gasteiger partial charge in [-0.1, -0.05) is 243 Å². The van der Waals surface area contributed by atoms with Crippen LogP contribution in [0, 0.1) is 0 Å². The zero-order valence-corrected chi connectivity index (χ0v) is 43.3. The monoisotopic (exact) mass is 911 g/mol. The number of allylic oxidation sites excluding steroid dienone is 8. The van der Waals surface area contributed by atoms with Crippen LogP contribution in [0.2, 0.25) is 0 Å². The predicted octanol–water partition coefficient (Wildman–Crippen LogP) is 18.7. The summed E-state index contributed by atoms with van der Waals surface area (Å²) in [4.78, 5) is 38.0. The van der Waals surface area contributed by atoms with E-state index in [4.69, 9.17) is 14.2 Å². The van der Waals surface area contributed by atoms with Crippen molar-refractivity contribution in [2.75, 3.05) is 13.2 Å². The number of esters is 3. The van der Waals surface area contributed by atoms with Gasteiger partial charge in [0.15, 0.2) is 6.10 Å². The molecule has 0 radical (unpaired) electrons. The lowest BCUT2D eigenvalue weighted by Crippen LogP contribution is -2.30. The fraction of sp³-hybridized carbons (Fsp3) is 0.814. The lowest BCUT2D eigenvalue weighted by Gasteiger charge is -2.18. The van der Waals surface area contributed by atoms with Gasteiger partial charge in [0.05, 0.1) is 0 Å². The molecule has 0 aromatic carbocycles. The second-order valence-corrected chi connectivity index (χ2v) is 18.8. The number of hydrogen-bond acceptors (Lipinski definition) is 6. The Labute approximate surface area is 403 Å². The molecule has 65 heavy (non-hydrogen) atoms. The van der Waals surface area contributed by atoms with Crippen molar-refractivity contribution in [1.82, 2.24) is 0 Å². The van der Waals surface area contributed by atoms with Crippen molar-refractivity contribution in [2.45, 2.75) is 297 Å².